The molecule has 0 saturated heterocycles. The highest BCUT2D eigenvalue weighted by molar-refractivity contribution is 5.63. The van der Waals surface area contributed by atoms with Crippen molar-refractivity contribution in [3.8, 4) is 17.0 Å². The van der Waals surface area contributed by atoms with Crippen LogP contribution in [0.4, 0.5) is 0 Å². The van der Waals surface area contributed by atoms with E-state index in [-0.39, 0.29) is 6.04 Å². The van der Waals surface area contributed by atoms with E-state index in [4.69, 9.17) is 10.5 Å². The first-order chi connectivity index (χ1) is 9.10. The molecule has 19 heavy (non-hydrogen) atoms. The van der Waals surface area contributed by atoms with Crippen LogP contribution in [0.3, 0.4) is 0 Å². The Kier molecular flexibility index (Phi) is 4.22. The Hall–Kier alpha value is -1.81. The molecule has 0 fully saturated rings. The first-order valence-electron chi connectivity index (χ1n) is 6.64. The van der Waals surface area contributed by atoms with Gasteiger partial charge in [0.1, 0.15) is 11.6 Å². The number of aromatic amines is 1. The first-order valence-corrected chi connectivity index (χ1v) is 6.64. The van der Waals surface area contributed by atoms with Gasteiger partial charge in [0.05, 0.1) is 12.3 Å². The lowest BCUT2D eigenvalue weighted by atomic mass is 10.1. The second kappa shape index (κ2) is 5.89. The zero-order valence-corrected chi connectivity index (χ0v) is 11.7. The van der Waals surface area contributed by atoms with E-state index in [0.29, 0.717) is 6.61 Å². The molecular formula is C15H21N3O. The minimum absolute atomic E-state index is 0.105. The maximum Gasteiger partial charge on any atom is 0.119 e. The zero-order valence-electron chi connectivity index (χ0n) is 11.7. The Labute approximate surface area is 114 Å². The topological polar surface area (TPSA) is 63.9 Å². The van der Waals surface area contributed by atoms with E-state index in [1.165, 1.54) is 0 Å². The maximum absolute atomic E-state index is 5.81. The fourth-order valence-corrected chi connectivity index (χ4v) is 2.10. The molecule has 0 radical (unpaired) electrons. The average molecular weight is 259 g/mol. The van der Waals surface area contributed by atoms with Gasteiger partial charge in [-0.05, 0) is 32.9 Å². The minimum atomic E-state index is 0.105. The monoisotopic (exact) mass is 259 g/mol. The minimum Gasteiger partial charge on any atom is -0.494 e. The Morgan fingerprint density at radius 2 is 2.21 bits per heavy atom. The summed E-state index contributed by atoms with van der Waals surface area (Å²) in [4.78, 5) is 7.92. The number of hydrogen-bond donors (Lipinski definition) is 2. The van der Waals surface area contributed by atoms with E-state index in [0.717, 1.165) is 34.9 Å². The van der Waals surface area contributed by atoms with Crippen molar-refractivity contribution >= 4 is 0 Å². The molecular weight excluding hydrogens is 238 g/mol. The van der Waals surface area contributed by atoms with Crippen LogP contribution in [-0.4, -0.2) is 22.6 Å². The van der Waals surface area contributed by atoms with Gasteiger partial charge in [0.15, 0.2) is 0 Å². The fourth-order valence-electron chi connectivity index (χ4n) is 2.10. The summed E-state index contributed by atoms with van der Waals surface area (Å²) in [6, 6.07) is 8.11. The number of aryl methyl sites for hydroxylation is 1. The average Bonchev–Trinajstić information content (AvgIpc) is 2.70. The molecule has 0 aliphatic carbocycles. The highest BCUT2D eigenvalue weighted by Crippen LogP contribution is 2.25. The van der Waals surface area contributed by atoms with Gasteiger partial charge in [0.2, 0.25) is 0 Å². The van der Waals surface area contributed by atoms with Crippen LogP contribution in [0.15, 0.2) is 24.3 Å². The molecule has 102 valence electrons. The predicted molar refractivity (Wildman–Crippen MR) is 77.3 cm³/mol. The molecule has 4 heteroatoms. The van der Waals surface area contributed by atoms with Crippen molar-refractivity contribution in [3.05, 3.63) is 35.8 Å². The third-order valence-electron chi connectivity index (χ3n) is 2.87. The summed E-state index contributed by atoms with van der Waals surface area (Å²) in [7, 11) is 0. The third-order valence-corrected chi connectivity index (χ3v) is 2.87. The van der Waals surface area contributed by atoms with E-state index >= 15 is 0 Å². The summed E-state index contributed by atoms with van der Waals surface area (Å²) in [6.07, 6.45) is 0.756. The molecule has 0 aliphatic heterocycles. The van der Waals surface area contributed by atoms with E-state index < -0.39 is 0 Å². The Morgan fingerprint density at radius 1 is 1.42 bits per heavy atom. The molecule has 2 rings (SSSR count). The molecule has 0 saturated carbocycles. The molecule has 1 heterocycles. The Balaban J connectivity index is 2.30. The van der Waals surface area contributed by atoms with Crippen LogP contribution in [0.25, 0.3) is 11.3 Å². The van der Waals surface area contributed by atoms with Crippen LogP contribution < -0.4 is 10.5 Å². The number of rotatable bonds is 5. The normalized spacial score (nSPS) is 12.4. The van der Waals surface area contributed by atoms with Crippen molar-refractivity contribution in [1.29, 1.82) is 0 Å². The quantitative estimate of drug-likeness (QED) is 0.867. The molecule has 3 N–H and O–H groups in total. The van der Waals surface area contributed by atoms with Crippen molar-refractivity contribution < 1.29 is 4.74 Å². The van der Waals surface area contributed by atoms with Crippen LogP contribution in [0.5, 0.6) is 5.75 Å². The summed E-state index contributed by atoms with van der Waals surface area (Å²) in [5.41, 5.74) is 8.90. The second-order valence-corrected chi connectivity index (χ2v) is 4.80. The largest absolute Gasteiger partial charge is 0.494 e. The molecule has 4 nitrogen and oxygen atoms in total. The molecule has 0 spiro atoms. The molecule has 1 aromatic heterocycles. The number of nitrogens with one attached hydrogen (secondary N) is 1. The standard InChI is InChI=1S/C15H21N3O/c1-4-19-13-7-5-6-12(9-13)15-11(3)17-14(18-15)8-10(2)16/h5-7,9-10H,4,8,16H2,1-3H3,(H,17,18). The lowest BCUT2D eigenvalue weighted by molar-refractivity contribution is 0.340. The van der Waals surface area contributed by atoms with Gasteiger partial charge in [0.25, 0.3) is 0 Å². The molecule has 1 atom stereocenters. The van der Waals surface area contributed by atoms with Crippen molar-refractivity contribution in [3.63, 3.8) is 0 Å². The molecule has 0 amide bonds. The van der Waals surface area contributed by atoms with Gasteiger partial charge in [0, 0.05) is 23.7 Å². The smallest absolute Gasteiger partial charge is 0.119 e. The fraction of sp³-hybridized carbons (Fsp3) is 0.400. The van der Waals surface area contributed by atoms with E-state index in [1.807, 2.05) is 45.0 Å². The van der Waals surface area contributed by atoms with Crippen molar-refractivity contribution in [2.75, 3.05) is 6.61 Å². The first kappa shape index (κ1) is 13.6. The van der Waals surface area contributed by atoms with Crippen molar-refractivity contribution in [2.24, 2.45) is 5.73 Å². The van der Waals surface area contributed by atoms with Crippen LogP contribution in [-0.2, 0) is 6.42 Å². The predicted octanol–water partition coefficient (Wildman–Crippen LogP) is 2.67. The van der Waals surface area contributed by atoms with Crippen molar-refractivity contribution in [1.82, 2.24) is 9.97 Å². The van der Waals surface area contributed by atoms with Gasteiger partial charge in [-0.3, -0.25) is 0 Å². The van der Waals surface area contributed by atoms with Gasteiger partial charge in [-0.25, -0.2) is 4.98 Å². The number of aromatic nitrogens is 2. The SMILES string of the molecule is CCOc1cccc(-c2nc(CC(C)N)[nH]c2C)c1. The summed E-state index contributed by atoms with van der Waals surface area (Å²) >= 11 is 0. The Morgan fingerprint density at radius 3 is 2.89 bits per heavy atom. The highest BCUT2D eigenvalue weighted by Gasteiger charge is 2.10. The maximum atomic E-state index is 5.81. The summed E-state index contributed by atoms with van der Waals surface area (Å²) in [5, 5.41) is 0. The van der Waals surface area contributed by atoms with E-state index in [2.05, 4.69) is 9.97 Å². The molecule has 2 aromatic rings. The number of hydrogen-bond acceptors (Lipinski definition) is 3. The summed E-state index contributed by atoms with van der Waals surface area (Å²) < 4.78 is 5.52. The van der Waals surface area contributed by atoms with Crippen LogP contribution in [0, 0.1) is 6.92 Å². The lowest BCUT2D eigenvalue weighted by Crippen LogP contribution is -2.18. The highest BCUT2D eigenvalue weighted by atomic mass is 16.5. The number of imidazole rings is 1. The third kappa shape index (κ3) is 3.35. The number of H-pyrrole nitrogens is 1. The number of benzene rings is 1. The van der Waals surface area contributed by atoms with Gasteiger partial charge in [-0.2, -0.15) is 0 Å². The van der Waals surface area contributed by atoms with Gasteiger partial charge in [-0.15, -0.1) is 0 Å². The summed E-state index contributed by atoms with van der Waals surface area (Å²) in [6.45, 7) is 6.65. The van der Waals surface area contributed by atoms with Crippen LogP contribution >= 0.6 is 0 Å². The summed E-state index contributed by atoms with van der Waals surface area (Å²) in [5.74, 6) is 1.81. The molecule has 0 aliphatic rings. The van der Waals surface area contributed by atoms with Crippen molar-refractivity contribution in [2.45, 2.75) is 33.2 Å². The van der Waals surface area contributed by atoms with Crippen LogP contribution in [0.1, 0.15) is 25.4 Å². The van der Waals surface area contributed by atoms with Gasteiger partial charge < -0.3 is 15.5 Å². The second-order valence-electron chi connectivity index (χ2n) is 4.80. The lowest BCUT2D eigenvalue weighted by Gasteiger charge is -2.05. The zero-order chi connectivity index (χ0) is 13.8. The van der Waals surface area contributed by atoms with E-state index in [9.17, 15) is 0 Å². The molecule has 0 bridgehead atoms. The van der Waals surface area contributed by atoms with E-state index in [1.54, 1.807) is 0 Å². The van der Waals surface area contributed by atoms with Crippen LogP contribution in [0.2, 0.25) is 0 Å². The molecule has 1 unspecified atom stereocenters. The number of nitrogens with two attached hydrogens (primary N) is 1. The van der Waals surface area contributed by atoms with Gasteiger partial charge in [-0.1, -0.05) is 12.1 Å². The molecule has 1 aromatic carbocycles. The Bertz CT molecular complexity index is 546. The van der Waals surface area contributed by atoms with Gasteiger partial charge >= 0.3 is 0 Å². The number of ether oxygens (including phenoxy) is 1. The number of nitrogens with zero attached hydrogens (tertiary/aromatic N) is 1.